The highest BCUT2D eigenvalue weighted by atomic mass is 16.2. The van der Waals surface area contributed by atoms with Gasteiger partial charge in [0.1, 0.15) is 5.82 Å². The smallest absolute Gasteiger partial charge is 0.259 e. The van der Waals surface area contributed by atoms with Crippen molar-refractivity contribution >= 4 is 22.8 Å². The molecule has 2 aromatic heterocycles. The van der Waals surface area contributed by atoms with Crippen LogP contribution in [-0.2, 0) is 0 Å². The summed E-state index contributed by atoms with van der Waals surface area (Å²) in [6.07, 6.45) is 3.76. The molecule has 1 aliphatic carbocycles. The molecule has 0 spiro atoms. The van der Waals surface area contributed by atoms with Crippen molar-refractivity contribution in [2.75, 3.05) is 4.90 Å². The number of hydrogen-bond acceptors (Lipinski definition) is 4. The molecule has 0 radical (unpaired) electrons. The molecular formula is C19H18N4O. The average molecular weight is 318 g/mol. The fourth-order valence-electron chi connectivity index (χ4n) is 2.79. The van der Waals surface area contributed by atoms with Gasteiger partial charge >= 0.3 is 0 Å². The van der Waals surface area contributed by atoms with Crippen LogP contribution in [0.3, 0.4) is 0 Å². The van der Waals surface area contributed by atoms with Gasteiger partial charge in [0.2, 0.25) is 0 Å². The molecule has 0 unspecified atom stereocenters. The molecule has 120 valence electrons. The van der Waals surface area contributed by atoms with Crippen molar-refractivity contribution in [3.05, 3.63) is 59.5 Å². The van der Waals surface area contributed by atoms with Crippen molar-refractivity contribution < 1.29 is 4.79 Å². The first-order valence-electron chi connectivity index (χ1n) is 8.13. The number of aryl methyl sites for hydroxylation is 2. The molecule has 1 amide bonds. The first kappa shape index (κ1) is 14.8. The van der Waals surface area contributed by atoms with Crippen molar-refractivity contribution in [3.63, 3.8) is 0 Å². The van der Waals surface area contributed by atoms with Crippen LogP contribution >= 0.6 is 0 Å². The SMILES string of the molecule is Cc1nc2ccc(C(=O)N(c3ccccn3)C3CC3)cc2nc1C. The number of carbonyl (C=O) groups excluding carboxylic acids is 1. The zero-order valence-electron chi connectivity index (χ0n) is 13.7. The van der Waals surface area contributed by atoms with Gasteiger partial charge in [-0.05, 0) is 57.0 Å². The lowest BCUT2D eigenvalue weighted by Crippen LogP contribution is -2.33. The summed E-state index contributed by atoms with van der Waals surface area (Å²) in [6.45, 7) is 3.87. The lowest BCUT2D eigenvalue weighted by atomic mass is 10.1. The number of rotatable bonds is 3. The first-order chi connectivity index (χ1) is 11.6. The van der Waals surface area contributed by atoms with Crippen LogP contribution < -0.4 is 4.90 Å². The van der Waals surface area contributed by atoms with Crippen LogP contribution in [0.5, 0.6) is 0 Å². The maximum absolute atomic E-state index is 13.1. The third-order valence-corrected chi connectivity index (χ3v) is 4.35. The molecule has 0 aliphatic heterocycles. The van der Waals surface area contributed by atoms with Crippen molar-refractivity contribution in [3.8, 4) is 0 Å². The summed E-state index contributed by atoms with van der Waals surface area (Å²) in [5.74, 6) is 0.675. The maximum Gasteiger partial charge on any atom is 0.259 e. The van der Waals surface area contributed by atoms with Gasteiger partial charge in [0.25, 0.3) is 5.91 Å². The second-order valence-electron chi connectivity index (χ2n) is 6.19. The first-order valence-corrected chi connectivity index (χ1v) is 8.13. The Labute approximate surface area is 140 Å². The fourth-order valence-corrected chi connectivity index (χ4v) is 2.79. The highest BCUT2D eigenvalue weighted by Gasteiger charge is 2.35. The molecule has 1 aromatic carbocycles. The number of carbonyl (C=O) groups is 1. The minimum Gasteiger partial charge on any atom is -0.290 e. The minimum absolute atomic E-state index is 0.0295. The van der Waals surface area contributed by atoms with E-state index in [9.17, 15) is 4.79 Å². The van der Waals surface area contributed by atoms with Crippen LogP contribution in [0.1, 0.15) is 34.6 Å². The monoisotopic (exact) mass is 318 g/mol. The Kier molecular flexibility index (Phi) is 3.49. The molecule has 1 aliphatic rings. The number of hydrogen-bond donors (Lipinski definition) is 0. The zero-order chi connectivity index (χ0) is 16.7. The van der Waals surface area contributed by atoms with Crippen LogP contribution in [0, 0.1) is 13.8 Å². The molecule has 5 nitrogen and oxygen atoms in total. The lowest BCUT2D eigenvalue weighted by molar-refractivity contribution is 0.0984. The second kappa shape index (κ2) is 5.67. The van der Waals surface area contributed by atoms with E-state index in [1.165, 1.54) is 0 Å². The summed E-state index contributed by atoms with van der Waals surface area (Å²) in [4.78, 5) is 28.3. The van der Waals surface area contributed by atoms with Crippen molar-refractivity contribution in [2.24, 2.45) is 0 Å². The highest BCUT2D eigenvalue weighted by Crippen LogP contribution is 2.32. The van der Waals surface area contributed by atoms with Gasteiger partial charge in [0.05, 0.1) is 22.4 Å². The molecule has 0 saturated heterocycles. The van der Waals surface area contributed by atoms with Gasteiger partial charge in [-0.15, -0.1) is 0 Å². The summed E-state index contributed by atoms with van der Waals surface area (Å²) in [5.41, 5.74) is 3.98. The Morgan fingerprint density at radius 2 is 1.79 bits per heavy atom. The van der Waals surface area contributed by atoms with Gasteiger partial charge in [0.15, 0.2) is 0 Å². The number of benzene rings is 1. The van der Waals surface area contributed by atoms with Gasteiger partial charge in [-0.3, -0.25) is 9.69 Å². The third-order valence-electron chi connectivity index (χ3n) is 4.35. The quantitative estimate of drug-likeness (QED) is 0.742. The molecule has 4 rings (SSSR count). The molecule has 5 heteroatoms. The van der Waals surface area contributed by atoms with Gasteiger partial charge in [-0.25, -0.2) is 15.0 Å². The molecule has 3 aromatic rings. The van der Waals surface area contributed by atoms with Gasteiger partial charge in [-0.1, -0.05) is 6.07 Å². The largest absolute Gasteiger partial charge is 0.290 e. The van der Waals surface area contributed by atoms with E-state index < -0.39 is 0 Å². The van der Waals surface area contributed by atoms with Crippen LogP contribution in [-0.4, -0.2) is 26.9 Å². The minimum atomic E-state index is -0.0295. The molecule has 1 saturated carbocycles. The average Bonchev–Trinajstić information content (AvgIpc) is 3.41. The number of nitrogens with zero attached hydrogens (tertiary/aromatic N) is 4. The number of anilines is 1. The second-order valence-corrected chi connectivity index (χ2v) is 6.19. The normalized spacial score (nSPS) is 13.9. The summed E-state index contributed by atoms with van der Waals surface area (Å²) in [6, 6.07) is 11.4. The Morgan fingerprint density at radius 1 is 1.04 bits per heavy atom. The number of aromatic nitrogens is 3. The van der Waals surface area contributed by atoms with E-state index in [4.69, 9.17) is 0 Å². The lowest BCUT2D eigenvalue weighted by Gasteiger charge is -2.21. The number of amides is 1. The molecule has 0 bridgehead atoms. The Morgan fingerprint density at radius 3 is 2.46 bits per heavy atom. The van der Waals surface area contributed by atoms with E-state index in [2.05, 4.69) is 15.0 Å². The van der Waals surface area contributed by atoms with E-state index in [0.717, 1.165) is 35.3 Å². The van der Waals surface area contributed by atoms with Gasteiger partial charge in [0, 0.05) is 17.8 Å². The van der Waals surface area contributed by atoms with Crippen LogP contribution in [0.25, 0.3) is 11.0 Å². The van der Waals surface area contributed by atoms with Gasteiger partial charge < -0.3 is 0 Å². The zero-order valence-corrected chi connectivity index (χ0v) is 13.7. The molecule has 2 heterocycles. The number of pyridine rings is 1. The summed E-state index contributed by atoms with van der Waals surface area (Å²) in [5, 5.41) is 0. The topological polar surface area (TPSA) is 59.0 Å². The Hall–Kier alpha value is -2.82. The molecular weight excluding hydrogens is 300 g/mol. The van der Waals surface area contributed by atoms with E-state index >= 15 is 0 Å². The van der Waals surface area contributed by atoms with E-state index in [-0.39, 0.29) is 11.9 Å². The standard InChI is InChI=1S/C19H18N4O/c1-12-13(2)22-17-11-14(6-9-16(17)21-12)19(24)23(15-7-8-15)18-5-3-4-10-20-18/h3-6,9-11,15H,7-8H2,1-2H3. The van der Waals surface area contributed by atoms with E-state index in [1.807, 2.05) is 50.2 Å². The van der Waals surface area contributed by atoms with Crippen molar-refractivity contribution in [1.29, 1.82) is 0 Å². The molecule has 24 heavy (non-hydrogen) atoms. The van der Waals surface area contributed by atoms with Crippen LogP contribution in [0.15, 0.2) is 42.6 Å². The van der Waals surface area contributed by atoms with Gasteiger partial charge in [-0.2, -0.15) is 0 Å². The molecule has 0 N–H and O–H groups in total. The fraction of sp³-hybridized carbons (Fsp3) is 0.263. The van der Waals surface area contributed by atoms with Crippen LogP contribution in [0.4, 0.5) is 5.82 Å². The highest BCUT2D eigenvalue weighted by molar-refractivity contribution is 6.07. The van der Waals surface area contributed by atoms with E-state index in [1.54, 1.807) is 11.1 Å². The van der Waals surface area contributed by atoms with Crippen LogP contribution in [0.2, 0.25) is 0 Å². The summed E-state index contributed by atoms with van der Waals surface area (Å²) >= 11 is 0. The summed E-state index contributed by atoms with van der Waals surface area (Å²) < 4.78 is 0. The summed E-state index contributed by atoms with van der Waals surface area (Å²) in [7, 11) is 0. The predicted molar refractivity (Wildman–Crippen MR) is 93.1 cm³/mol. The molecule has 0 atom stereocenters. The van der Waals surface area contributed by atoms with Crippen molar-refractivity contribution in [1.82, 2.24) is 15.0 Å². The van der Waals surface area contributed by atoms with Crippen molar-refractivity contribution in [2.45, 2.75) is 32.7 Å². The Balaban J connectivity index is 1.75. The predicted octanol–water partition coefficient (Wildman–Crippen LogP) is 3.45. The number of fused-ring (bicyclic) bond motifs is 1. The van der Waals surface area contributed by atoms with E-state index in [0.29, 0.717) is 11.4 Å². The molecule has 1 fully saturated rings. The maximum atomic E-state index is 13.1. The Bertz CT molecular complexity index is 919. The third kappa shape index (κ3) is 2.62.